The number of pyridine rings is 1. The Labute approximate surface area is 253 Å². The summed E-state index contributed by atoms with van der Waals surface area (Å²) in [4.78, 5) is 9.71. The number of aliphatic hydroxyl groups is 1. The van der Waals surface area contributed by atoms with Crippen LogP contribution in [0.25, 0.3) is 33.5 Å². The zero-order valence-corrected chi connectivity index (χ0v) is 26.6. The van der Waals surface area contributed by atoms with E-state index in [1.54, 1.807) is 0 Å². The number of nitrogens with zero attached hydrogens (tertiary/aromatic N) is 3. The van der Waals surface area contributed by atoms with Gasteiger partial charge in [0.15, 0.2) is 11.8 Å². The van der Waals surface area contributed by atoms with Crippen molar-refractivity contribution in [3.63, 3.8) is 0 Å². The Morgan fingerprint density at radius 3 is 2.34 bits per heavy atom. The molecule has 0 radical (unpaired) electrons. The number of aromatic nitrogens is 3. The smallest absolute Gasteiger partial charge is 0.301 e. The average Bonchev–Trinajstić information content (AvgIpc) is 3.61. The molecule has 1 N–H and O–H groups in total. The second-order valence-corrected chi connectivity index (χ2v) is 18.7. The Bertz CT molecular complexity index is 1530. The third kappa shape index (κ3) is 6.24. The summed E-state index contributed by atoms with van der Waals surface area (Å²) in [6.07, 6.45) is -1.82. The van der Waals surface area contributed by atoms with Crippen LogP contribution in [0.15, 0.2) is 59.1 Å². The van der Waals surface area contributed by atoms with Crippen LogP contribution in [0.2, 0.25) is 30.7 Å². The van der Waals surface area contributed by atoms with E-state index in [-0.39, 0.29) is 19.4 Å². The van der Waals surface area contributed by atoms with Crippen LogP contribution in [0, 0.1) is 0 Å². The third-order valence-corrected chi connectivity index (χ3v) is 9.95. The van der Waals surface area contributed by atoms with E-state index < -0.39 is 26.4 Å². The predicted molar refractivity (Wildman–Crippen MR) is 165 cm³/mol. The molecule has 0 saturated carbocycles. The first-order chi connectivity index (χ1) is 19.7. The summed E-state index contributed by atoms with van der Waals surface area (Å²) in [6.45, 7) is 8.37. The molecule has 4 atom stereocenters. The lowest BCUT2D eigenvalue weighted by molar-refractivity contribution is 0.00336. The Morgan fingerprint density at radius 1 is 0.976 bits per heavy atom. The van der Waals surface area contributed by atoms with Gasteiger partial charge in [0.25, 0.3) is 0 Å². The zero-order chi connectivity index (χ0) is 28.7. The molecule has 11 heteroatoms. The third-order valence-electron chi connectivity index (χ3n) is 7.43. The summed E-state index contributed by atoms with van der Waals surface area (Å²) in [5.41, 5.74) is 5.01. The minimum atomic E-state index is -1.26. The molecule has 0 spiro atoms. The lowest BCUT2D eigenvalue weighted by Crippen LogP contribution is -2.35. The molecular weight excluding hydrogens is 626 g/mol. The average molecular weight is 659 g/mol. The summed E-state index contributed by atoms with van der Waals surface area (Å²) >= 11 is 10.3. The minimum absolute atomic E-state index is 0.229. The minimum Gasteiger partial charge on any atom is -0.456 e. The van der Waals surface area contributed by atoms with Crippen LogP contribution in [-0.2, 0) is 20.9 Å². The van der Waals surface area contributed by atoms with Crippen molar-refractivity contribution < 1.29 is 24.1 Å². The van der Waals surface area contributed by atoms with Crippen molar-refractivity contribution in [3.05, 3.63) is 64.1 Å². The lowest BCUT2D eigenvalue weighted by Gasteiger charge is -2.19. The van der Waals surface area contributed by atoms with Crippen LogP contribution >= 0.6 is 27.5 Å². The first-order valence-electron chi connectivity index (χ1n) is 13.8. The van der Waals surface area contributed by atoms with Crippen molar-refractivity contribution in [1.29, 1.82) is 0 Å². The van der Waals surface area contributed by atoms with Crippen molar-refractivity contribution in [2.24, 2.45) is 0 Å². The topological polar surface area (TPSA) is 87.9 Å². The summed E-state index contributed by atoms with van der Waals surface area (Å²) < 4.78 is 26.9. The van der Waals surface area contributed by atoms with E-state index in [1.165, 1.54) is 0 Å². The van der Waals surface area contributed by atoms with E-state index in [9.17, 15) is 5.11 Å². The van der Waals surface area contributed by atoms with Crippen LogP contribution in [0.1, 0.15) is 0 Å². The molecule has 2 aliphatic heterocycles. The van der Waals surface area contributed by atoms with Crippen molar-refractivity contribution >= 4 is 46.8 Å². The zero-order valence-electron chi connectivity index (χ0n) is 23.2. The molecule has 2 aliphatic rings. The number of benzene rings is 2. The van der Waals surface area contributed by atoms with E-state index in [0.717, 1.165) is 27.2 Å². The van der Waals surface area contributed by atoms with Gasteiger partial charge in [0.05, 0.1) is 23.9 Å². The molecule has 2 saturated heterocycles. The molecular formula is C30H33BrClN3O5Si. The van der Waals surface area contributed by atoms with E-state index in [0.29, 0.717) is 41.1 Å². The number of imidazole rings is 1. The number of hydrogen-bond acceptors (Lipinski definition) is 7. The van der Waals surface area contributed by atoms with Crippen LogP contribution in [-0.4, -0.2) is 72.0 Å². The monoisotopic (exact) mass is 657 g/mol. The molecule has 6 rings (SSSR count). The van der Waals surface area contributed by atoms with Crippen LogP contribution in [0.3, 0.4) is 0 Å². The fraction of sp³-hybridized carbons (Fsp3) is 0.400. The summed E-state index contributed by atoms with van der Waals surface area (Å²) in [5.74, 6) is 0. The molecule has 1 unspecified atom stereocenters. The molecule has 216 valence electrons. The second-order valence-electron chi connectivity index (χ2n) is 11.7. The molecule has 41 heavy (non-hydrogen) atoms. The largest absolute Gasteiger partial charge is 0.456 e. The number of halogens is 2. The van der Waals surface area contributed by atoms with E-state index in [1.807, 2.05) is 34.9 Å². The van der Waals surface area contributed by atoms with Gasteiger partial charge in [0, 0.05) is 24.7 Å². The first-order valence-corrected chi connectivity index (χ1v) is 18.6. The van der Waals surface area contributed by atoms with Gasteiger partial charge in [-0.3, -0.25) is 4.57 Å². The molecule has 4 aromatic rings. The number of aliphatic hydroxyl groups excluding tert-OH is 1. The van der Waals surface area contributed by atoms with Gasteiger partial charge in [0.2, 0.25) is 0 Å². The highest BCUT2D eigenvalue weighted by atomic mass is 79.9. The quantitative estimate of drug-likeness (QED) is 0.165. The van der Waals surface area contributed by atoms with E-state index >= 15 is 0 Å². The Morgan fingerprint density at radius 2 is 1.63 bits per heavy atom. The highest BCUT2D eigenvalue weighted by Gasteiger charge is 2.49. The molecule has 8 nitrogen and oxygen atoms in total. The highest BCUT2D eigenvalue weighted by molar-refractivity contribution is 9.10. The van der Waals surface area contributed by atoms with Crippen LogP contribution < -0.4 is 4.74 Å². The summed E-state index contributed by atoms with van der Waals surface area (Å²) in [6, 6.07) is 19.6. The van der Waals surface area contributed by atoms with E-state index in [2.05, 4.69) is 59.8 Å². The van der Waals surface area contributed by atoms with Crippen molar-refractivity contribution in [2.75, 3.05) is 19.8 Å². The fourth-order valence-electron chi connectivity index (χ4n) is 5.09. The molecule has 4 heterocycles. The van der Waals surface area contributed by atoms with Gasteiger partial charge in [0.1, 0.15) is 30.6 Å². The van der Waals surface area contributed by atoms with Gasteiger partial charge in [-0.2, -0.15) is 4.98 Å². The van der Waals surface area contributed by atoms with Gasteiger partial charge in [-0.05, 0) is 35.4 Å². The second kappa shape index (κ2) is 11.8. The number of ether oxygens (including phenoxy) is 4. The molecule has 2 aromatic heterocycles. The van der Waals surface area contributed by atoms with Gasteiger partial charge < -0.3 is 24.1 Å². The number of rotatable bonds is 9. The van der Waals surface area contributed by atoms with Gasteiger partial charge in [-0.1, -0.05) is 83.6 Å². The van der Waals surface area contributed by atoms with Gasteiger partial charge in [-0.15, -0.1) is 0 Å². The van der Waals surface area contributed by atoms with Gasteiger partial charge >= 0.3 is 6.01 Å². The molecule has 2 aromatic carbocycles. The Kier molecular flexibility index (Phi) is 8.25. The number of fused-ring (bicyclic) bond motifs is 2. The van der Waals surface area contributed by atoms with Crippen molar-refractivity contribution in [2.45, 2.75) is 56.8 Å². The summed E-state index contributed by atoms with van der Waals surface area (Å²) in [5, 5.41) is 10.7. The standard InChI is InChI=1S/C30H33BrClN3O5Si/c1-41(2,3)13-12-37-17-35-29-23(33-30(35)40-25-16-39-27-24(36)15-38-28(25)27)14-22(32)26(34-29)20-6-4-18(5-7-20)19-8-10-21(31)11-9-19/h4-11,14,24-25,27-28,36H,12-13,15-17H2,1-3H3/t24-,25-,27-,28?/m1/s1. The summed E-state index contributed by atoms with van der Waals surface area (Å²) in [7, 11) is -1.26. The normalized spacial score (nSPS) is 22.4. The Balaban J connectivity index is 1.31. The number of hydrogen-bond donors (Lipinski definition) is 1. The molecule has 0 bridgehead atoms. The fourth-order valence-corrected chi connectivity index (χ4v) is 6.37. The predicted octanol–water partition coefficient (Wildman–Crippen LogP) is 6.40. The maximum absolute atomic E-state index is 10.2. The molecule has 0 aliphatic carbocycles. The maximum atomic E-state index is 10.2. The molecule has 2 fully saturated rings. The molecule has 0 amide bonds. The Hall–Kier alpha value is -2.31. The van der Waals surface area contributed by atoms with Crippen molar-refractivity contribution in [1.82, 2.24) is 14.5 Å². The van der Waals surface area contributed by atoms with Crippen LogP contribution in [0.4, 0.5) is 0 Å². The highest BCUT2D eigenvalue weighted by Crippen LogP contribution is 2.35. The lowest BCUT2D eigenvalue weighted by atomic mass is 10.0. The van der Waals surface area contributed by atoms with Crippen LogP contribution in [0.5, 0.6) is 6.01 Å². The SMILES string of the molecule is C[Si](C)(C)CCOCn1c(O[C@@H]2CO[C@H]3C2OC[C@H]3O)nc2cc(Cl)c(-c3ccc(-c4ccc(Br)cc4)cc3)nc21. The first kappa shape index (κ1) is 28.8. The maximum Gasteiger partial charge on any atom is 0.301 e. The van der Waals surface area contributed by atoms with Crippen molar-refractivity contribution in [3.8, 4) is 28.4 Å². The van der Waals surface area contributed by atoms with Gasteiger partial charge in [-0.25, -0.2) is 4.98 Å². The van der Waals surface area contributed by atoms with E-state index in [4.69, 9.17) is 40.5 Å².